The van der Waals surface area contributed by atoms with Gasteiger partial charge in [-0.05, 0) is 43.7 Å². The average Bonchev–Trinajstić information content (AvgIpc) is 3.04. The monoisotopic (exact) mass is 393 g/mol. The molecule has 3 aromatic rings. The molecule has 6 nitrogen and oxygen atoms in total. The van der Waals surface area contributed by atoms with Crippen LogP contribution in [0.3, 0.4) is 0 Å². The van der Waals surface area contributed by atoms with Gasteiger partial charge in [0.1, 0.15) is 11.4 Å². The molecule has 0 unspecified atom stereocenters. The standard InChI is InChI=1S/C22H20FN3O3/c1-3-28-22(27)19-18(14-9-11-15(23)12-10-14)17-13(2)25-26(21(17)29-20(19)24)16-7-5-4-6-8-16/h4-12,18H,3,24H2,1-2H3/t18-/m1/s1. The van der Waals surface area contributed by atoms with Crippen LogP contribution in [0.15, 0.2) is 66.1 Å². The van der Waals surface area contributed by atoms with Crippen molar-refractivity contribution in [2.24, 2.45) is 5.73 Å². The third kappa shape index (κ3) is 3.24. The van der Waals surface area contributed by atoms with Crippen LogP contribution in [0.2, 0.25) is 0 Å². The predicted octanol–water partition coefficient (Wildman–Crippen LogP) is 3.58. The summed E-state index contributed by atoms with van der Waals surface area (Å²) in [6.45, 7) is 3.75. The molecule has 0 saturated heterocycles. The van der Waals surface area contributed by atoms with Crippen LogP contribution in [0.1, 0.15) is 29.7 Å². The number of ether oxygens (including phenoxy) is 2. The Morgan fingerprint density at radius 2 is 1.90 bits per heavy atom. The minimum absolute atomic E-state index is 0.0534. The van der Waals surface area contributed by atoms with Gasteiger partial charge < -0.3 is 15.2 Å². The number of rotatable bonds is 4. The van der Waals surface area contributed by atoms with E-state index in [0.29, 0.717) is 22.7 Å². The number of carbonyl (C=O) groups excluding carboxylic acids is 1. The van der Waals surface area contributed by atoms with Crippen LogP contribution in [0, 0.1) is 12.7 Å². The summed E-state index contributed by atoms with van der Waals surface area (Å²) in [5, 5.41) is 4.61. The summed E-state index contributed by atoms with van der Waals surface area (Å²) in [6.07, 6.45) is 0. The van der Waals surface area contributed by atoms with Crippen molar-refractivity contribution < 1.29 is 18.7 Å². The highest BCUT2D eigenvalue weighted by Gasteiger charge is 2.39. The molecule has 0 saturated carbocycles. The van der Waals surface area contributed by atoms with E-state index in [9.17, 15) is 9.18 Å². The summed E-state index contributed by atoms with van der Waals surface area (Å²) < 4.78 is 26.3. The zero-order chi connectivity index (χ0) is 20.5. The topological polar surface area (TPSA) is 79.4 Å². The molecular weight excluding hydrogens is 373 g/mol. The van der Waals surface area contributed by atoms with Crippen molar-refractivity contribution in [1.29, 1.82) is 0 Å². The molecule has 2 heterocycles. The van der Waals surface area contributed by atoms with Crippen molar-refractivity contribution in [3.05, 3.63) is 88.7 Å². The summed E-state index contributed by atoms with van der Waals surface area (Å²) in [5.41, 5.74) is 9.21. The van der Waals surface area contributed by atoms with Crippen LogP contribution in [-0.2, 0) is 9.53 Å². The van der Waals surface area contributed by atoms with Gasteiger partial charge in [0.25, 0.3) is 0 Å². The fourth-order valence-corrected chi connectivity index (χ4v) is 3.55. The number of esters is 1. The second kappa shape index (κ2) is 7.43. The lowest BCUT2D eigenvalue weighted by molar-refractivity contribution is -0.139. The van der Waals surface area contributed by atoms with E-state index in [1.165, 1.54) is 12.1 Å². The van der Waals surface area contributed by atoms with Gasteiger partial charge in [-0.25, -0.2) is 13.9 Å². The third-order valence-electron chi connectivity index (χ3n) is 4.81. The lowest BCUT2D eigenvalue weighted by atomic mass is 9.83. The number of halogens is 1. The number of carbonyl (C=O) groups is 1. The third-order valence-corrected chi connectivity index (χ3v) is 4.81. The second-order valence-electron chi connectivity index (χ2n) is 6.64. The van der Waals surface area contributed by atoms with Gasteiger partial charge in [-0.15, -0.1) is 0 Å². The summed E-state index contributed by atoms with van der Waals surface area (Å²) in [6, 6.07) is 15.4. The molecule has 0 bridgehead atoms. The highest BCUT2D eigenvalue weighted by atomic mass is 19.1. The number of aryl methyl sites for hydroxylation is 1. The predicted molar refractivity (Wildman–Crippen MR) is 105 cm³/mol. The normalized spacial score (nSPS) is 15.6. The van der Waals surface area contributed by atoms with Crippen LogP contribution >= 0.6 is 0 Å². The van der Waals surface area contributed by atoms with E-state index >= 15 is 0 Å². The van der Waals surface area contributed by atoms with Gasteiger partial charge in [-0.2, -0.15) is 5.10 Å². The SMILES string of the molecule is CCOC(=O)C1=C(N)Oc2c(c(C)nn2-c2ccccc2)[C@H]1c1ccc(F)cc1. The Morgan fingerprint density at radius 1 is 1.21 bits per heavy atom. The number of nitrogens with zero attached hydrogens (tertiary/aromatic N) is 2. The van der Waals surface area contributed by atoms with Crippen molar-refractivity contribution in [2.45, 2.75) is 19.8 Å². The Bertz CT molecular complexity index is 1090. The minimum atomic E-state index is -0.587. The van der Waals surface area contributed by atoms with Crippen molar-refractivity contribution in [3.63, 3.8) is 0 Å². The van der Waals surface area contributed by atoms with Crippen LogP contribution in [0.4, 0.5) is 4.39 Å². The number of hydrogen-bond acceptors (Lipinski definition) is 5. The minimum Gasteiger partial charge on any atom is -0.462 e. The number of hydrogen-bond donors (Lipinski definition) is 1. The van der Waals surface area contributed by atoms with Gasteiger partial charge in [-0.1, -0.05) is 30.3 Å². The van der Waals surface area contributed by atoms with Crippen molar-refractivity contribution in [3.8, 4) is 11.6 Å². The summed E-state index contributed by atoms with van der Waals surface area (Å²) in [5.74, 6) is -1.16. The molecule has 1 aliphatic rings. The van der Waals surface area contributed by atoms with E-state index in [-0.39, 0.29) is 23.9 Å². The first-order chi connectivity index (χ1) is 14.0. The van der Waals surface area contributed by atoms with Gasteiger partial charge in [0.15, 0.2) is 0 Å². The molecular formula is C22H20FN3O3. The van der Waals surface area contributed by atoms with E-state index in [0.717, 1.165) is 5.69 Å². The Labute approximate surface area is 167 Å². The molecule has 1 aromatic heterocycles. The first-order valence-electron chi connectivity index (χ1n) is 9.26. The van der Waals surface area contributed by atoms with E-state index in [2.05, 4.69) is 5.10 Å². The molecule has 2 N–H and O–H groups in total. The van der Waals surface area contributed by atoms with E-state index < -0.39 is 11.9 Å². The largest absolute Gasteiger partial charge is 0.462 e. The molecule has 0 aliphatic carbocycles. The lowest BCUT2D eigenvalue weighted by Crippen LogP contribution is -2.28. The molecule has 0 amide bonds. The maximum atomic E-state index is 13.5. The zero-order valence-corrected chi connectivity index (χ0v) is 16.1. The molecule has 1 atom stereocenters. The molecule has 0 spiro atoms. The highest BCUT2D eigenvalue weighted by molar-refractivity contribution is 5.92. The number of para-hydroxylation sites is 1. The number of nitrogens with two attached hydrogens (primary N) is 1. The fourth-order valence-electron chi connectivity index (χ4n) is 3.55. The van der Waals surface area contributed by atoms with Crippen LogP contribution in [-0.4, -0.2) is 22.4 Å². The van der Waals surface area contributed by atoms with Gasteiger partial charge in [0, 0.05) is 0 Å². The molecule has 0 radical (unpaired) electrons. The first kappa shape index (κ1) is 18.7. The molecule has 148 valence electrons. The van der Waals surface area contributed by atoms with Crippen molar-refractivity contribution in [1.82, 2.24) is 9.78 Å². The zero-order valence-electron chi connectivity index (χ0n) is 16.1. The van der Waals surface area contributed by atoms with Gasteiger partial charge >= 0.3 is 5.97 Å². The van der Waals surface area contributed by atoms with E-state index in [1.54, 1.807) is 23.7 Å². The number of benzene rings is 2. The Morgan fingerprint density at radius 3 is 2.55 bits per heavy atom. The van der Waals surface area contributed by atoms with Crippen LogP contribution in [0.5, 0.6) is 5.88 Å². The molecule has 29 heavy (non-hydrogen) atoms. The second-order valence-corrected chi connectivity index (χ2v) is 6.64. The molecule has 7 heteroatoms. The lowest BCUT2D eigenvalue weighted by Gasteiger charge is -2.27. The summed E-state index contributed by atoms with van der Waals surface area (Å²) in [4.78, 5) is 12.7. The quantitative estimate of drug-likeness (QED) is 0.686. The first-order valence-corrected chi connectivity index (χ1v) is 9.26. The summed E-state index contributed by atoms with van der Waals surface area (Å²) in [7, 11) is 0. The maximum absolute atomic E-state index is 13.5. The highest BCUT2D eigenvalue weighted by Crippen LogP contribution is 2.45. The van der Waals surface area contributed by atoms with E-state index in [1.807, 2.05) is 37.3 Å². The number of fused-ring (bicyclic) bond motifs is 1. The smallest absolute Gasteiger partial charge is 0.340 e. The van der Waals surface area contributed by atoms with Crippen LogP contribution in [0.25, 0.3) is 5.69 Å². The molecule has 4 rings (SSSR count). The molecule has 2 aromatic carbocycles. The van der Waals surface area contributed by atoms with Gasteiger partial charge in [0.05, 0.1) is 29.5 Å². The van der Waals surface area contributed by atoms with E-state index in [4.69, 9.17) is 15.2 Å². The average molecular weight is 393 g/mol. The molecule has 1 aliphatic heterocycles. The number of aromatic nitrogens is 2. The van der Waals surface area contributed by atoms with Gasteiger partial charge in [0.2, 0.25) is 11.8 Å². The summed E-state index contributed by atoms with van der Waals surface area (Å²) >= 11 is 0. The van der Waals surface area contributed by atoms with Crippen molar-refractivity contribution in [2.75, 3.05) is 6.61 Å². The Kier molecular flexibility index (Phi) is 4.80. The van der Waals surface area contributed by atoms with Crippen LogP contribution < -0.4 is 10.5 Å². The van der Waals surface area contributed by atoms with Gasteiger partial charge in [-0.3, -0.25) is 0 Å². The Hall–Kier alpha value is -3.61. The van der Waals surface area contributed by atoms with Crippen molar-refractivity contribution >= 4 is 5.97 Å². The Balaban J connectivity index is 1.94. The maximum Gasteiger partial charge on any atom is 0.340 e. The fraction of sp³-hybridized carbons (Fsp3) is 0.182. The molecule has 0 fully saturated rings.